The first-order valence-electron chi connectivity index (χ1n) is 10.9. The number of amides is 1. The Morgan fingerprint density at radius 1 is 1.03 bits per heavy atom. The average molecular weight is 461 g/mol. The van der Waals surface area contributed by atoms with Crippen LogP contribution in [-0.2, 0) is 27.1 Å². The van der Waals surface area contributed by atoms with Gasteiger partial charge >= 0.3 is 6.18 Å². The predicted octanol–water partition coefficient (Wildman–Crippen LogP) is 2.87. The molecule has 2 atom stereocenters. The lowest BCUT2D eigenvalue weighted by atomic mass is 9.99. The third-order valence-corrected chi connectivity index (χ3v) is 6.04. The van der Waals surface area contributed by atoms with Crippen molar-refractivity contribution in [3.8, 4) is 0 Å². The van der Waals surface area contributed by atoms with E-state index in [1.807, 2.05) is 35.2 Å². The first kappa shape index (κ1) is 23.3. The van der Waals surface area contributed by atoms with Gasteiger partial charge in [-0.15, -0.1) is 0 Å². The molecule has 176 valence electrons. The van der Waals surface area contributed by atoms with Crippen molar-refractivity contribution in [3.05, 3.63) is 65.7 Å². The number of carbonyl (C=O) groups is 2. The monoisotopic (exact) mass is 461 g/mol. The number of ether oxygens (including phenoxy) is 1. The number of ketones is 1. The van der Waals surface area contributed by atoms with Crippen molar-refractivity contribution < 1.29 is 27.5 Å². The number of rotatable bonds is 5. The van der Waals surface area contributed by atoms with E-state index in [-0.39, 0.29) is 24.7 Å². The summed E-state index contributed by atoms with van der Waals surface area (Å²) in [6.07, 6.45) is -4.92. The Balaban J connectivity index is 1.27. The zero-order valence-corrected chi connectivity index (χ0v) is 18.1. The Labute approximate surface area is 190 Å². The first-order chi connectivity index (χ1) is 15.8. The second-order valence-electron chi connectivity index (χ2n) is 8.28. The van der Waals surface area contributed by atoms with Gasteiger partial charge in [0.15, 0.2) is 5.78 Å². The molecule has 9 heteroatoms. The molecule has 1 amide bonds. The van der Waals surface area contributed by atoms with Crippen molar-refractivity contribution in [2.24, 2.45) is 0 Å². The lowest BCUT2D eigenvalue weighted by Crippen LogP contribution is -2.58. The standard InChI is InChI=1S/C24H26F3N3O3/c25-24(26,27)18-7-4-8-19(13-18)29-9-11-30(12-10-29)23(32)20-14-21(31)22(15-28-20)33-16-17-5-2-1-3-6-17/h1-8,13,20,22,28H,9-12,14-16H2. The van der Waals surface area contributed by atoms with Crippen molar-refractivity contribution in [1.29, 1.82) is 0 Å². The minimum atomic E-state index is -4.39. The molecule has 0 spiro atoms. The molecular formula is C24H26F3N3O3. The minimum absolute atomic E-state index is 0.0616. The van der Waals surface area contributed by atoms with E-state index in [1.54, 1.807) is 11.0 Å². The Morgan fingerprint density at radius 2 is 1.76 bits per heavy atom. The van der Waals surface area contributed by atoms with Crippen LogP contribution >= 0.6 is 0 Å². The predicted molar refractivity (Wildman–Crippen MR) is 117 cm³/mol. The highest BCUT2D eigenvalue weighted by molar-refractivity contribution is 5.92. The van der Waals surface area contributed by atoms with Gasteiger partial charge in [-0.1, -0.05) is 36.4 Å². The number of nitrogens with zero attached hydrogens (tertiary/aromatic N) is 2. The average Bonchev–Trinajstić information content (AvgIpc) is 2.83. The van der Waals surface area contributed by atoms with E-state index < -0.39 is 23.9 Å². The first-order valence-corrected chi connectivity index (χ1v) is 10.9. The number of alkyl halides is 3. The highest BCUT2D eigenvalue weighted by Gasteiger charge is 2.36. The lowest BCUT2D eigenvalue weighted by molar-refractivity contribution is -0.142. The molecule has 33 heavy (non-hydrogen) atoms. The summed E-state index contributed by atoms with van der Waals surface area (Å²) in [5.74, 6) is -0.265. The van der Waals surface area contributed by atoms with Crippen LogP contribution in [0, 0.1) is 0 Å². The maximum atomic E-state index is 13.0. The van der Waals surface area contributed by atoms with Gasteiger partial charge in [0.2, 0.25) is 5.91 Å². The molecule has 2 aromatic carbocycles. The molecule has 0 bridgehead atoms. The van der Waals surface area contributed by atoms with Gasteiger partial charge < -0.3 is 19.9 Å². The molecule has 2 unspecified atom stereocenters. The van der Waals surface area contributed by atoms with Gasteiger partial charge in [-0.05, 0) is 23.8 Å². The fraction of sp³-hybridized carbons (Fsp3) is 0.417. The van der Waals surface area contributed by atoms with Crippen LogP contribution in [0.3, 0.4) is 0 Å². The van der Waals surface area contributed by atoms with Crippen LogP contribution in [0.4, 0.5) is 18.9 Å². The van der Waals surface area contributed by atoms with Crippen molar-refractivity contribution in [2.45, 2.75) is 31.3 Å². The number of carbonyl (C=O) groups excluding carboxylic acids is 2. The van der Waals surface area contributed by atoms with Crippen LogP contribution in [0.5, 0.6) is 0 Å². The second-order valence-corrected chi connectivity index (χ2v) is 8.28. The van der Waals surface area contributed by atoms with Crippen LogP contribution in [0.2, 0.25) is 0 Å². The minimum Gasteiger partial charge on any atom is -0.368 e. The van der Waals surface area contributed by atoms with E-state index in [0.29, 0.717) is 38.5 Å². The number of Topliss-reactive ketones (excluding diaryl/α,β-unsaturated/α-hetero) is 1. The number of hydrogen-bond donors (Lipinski definition) is 1. The van der Waals surface area contributed by atoms with E-state index in [1.165, 1.54) is 6.07 Å². The molecule has 2 heterocycles. The third-order valence-electron chi connectivity index (χ3n) is 6.04. The fourth-order valence-electron chi connectivity index (χ4n) is 4.15. The molecule has 0 aromatic heterocycles. The third kappa shape index (κ3) is 5.72. The highest BCUT2D eigenvalue weighted by Crippen LogP contribution is 2.32. The molecule has 0 saturated carbocycles. The molecule has 1 N–H and O–H groups in total. The van der Waals surface area contributed by atoms with Crippen LogP contribution in [0.1, 0.15) is 17.5 Å². The quantitative estimate of drug-likeness (QED) is 0.742. The number of benzene rings is 2. The summed E-state index contributed by atoms with van der Waals surface area (Å²) in [4.78, 5) is 28.9. The second kappa shape index (κ2) is 9.93. The molecular weight excluding hydrogens is 435 g/mol. The number of nitrogens with one attached hydrogen (secondary N) is 1. The summed E-state index contributed by atoms with van der Waals surface area (Å²) in [7, 11) is 0. The summed E-state index contributed by atoms with van der Waals surface area (Å²) < 4.78 is 44.7. The topological polar surface area (TPSA) is 61.9 Å². The largest absolute Gasteiger partial charge is 0.416 e. The van der Waals surface area contributed by atoms with Gasteiger partial charge in [-0.2, -0.15) is 13.2 Å². The molecule has 2 aliphatic rings. The molecule has 2 aromatic rings. The van der Waals surface area contributed by atoms with Crippen LogP contribution in [0.15, 0.2) is 54.6 Å². The number of anilines is 1. The van der Waals surface area contributed by atoms with Gasteiger partial charge in [0.05, 0.1) is 18.2 Å². The summed E-state index contributed by atoms with van der Waals surface area (Å²) in [6, 6.07) is 14.2. The normalized spacial score (nSPS) is 21.8. The maximum Gasteiger partial charge on any atom is 0.416 e. The molecule has 2 fully saturated rings. The van der Waals surface area contributed by atoms with E-state index in [9.17, 15) is 22.8 Å². The SMILES string of the molecule is O=C1CC(C(=O)N2CCN(c3cccc(C(F)(F)F)c3)CC2)NCC1OCc1ccccc1. The van der Waals surface area contributed by atoms with Gasteiger partial charge in [0.25, 0.3) is 0 Å². The molecule has 2 aliphatic heterocycles. The van der Waals surface area contributed by atoms with Crippen LogP contribution in [-0.4, -0.2) is 61.5 Å². The van der Waals surface area contributed by atoms with Crippen molar-refractivity contribution >= 4 is 17.4 Å². The highest BCUT2D eigenvalue weighted by atomic mass is 19.4. The Morgan fingerprint density at radius 3 is 2.42 bits per heavy atom. The van der Waals surface area contributed by atoms with Gasteiger partial charge in [-0.25, -0.2) is 0 Å². The lowest BCUT2D eigenvalue weighted by Gasteiger charge is -2.39. The Bertz CT molecular complexity index is 976. The Kier molecular flexibility index (Phi) is 6.99. The van der Waals surface area contributed by atoms with Crippen LogP contribution in [0.25, 0.3) is 0 Å². The van der Waals surface area contributed by atoms with Gasteiger partial charge in [0.1, 0.15) is 6.10 Å². The summed E-state index contributed by atoms with van der Waals surface area (Å²) in [6.45, 7) is 2.22. The number of piperidine rings is 1. The molecule has 0 radical (unpaired) electrons. The zero-order valence-electron chi connectivity index (χ0n) is 18.1. The van der Waals surface area contributed by atoms with E-state index >= 15 is 0 Å². The van der Waals surface area contributed by atoms with Crippen molar-refractivity contribution in [2.75, 3.05) is 37.6 Å². The van der Waals surface area contributed by atoms with E-state index in [4.69, 9.17) is 4.74 Å². The van der Waals surface area contributed by atoms with Gasteiger partial charge in [-0.3, -0.25) is 9.59 Å². The molecule has 4 rings (SSSR count). The molecule has 2 saturated heterocycles. The maximum absolute atomic E-state index is 13.0. The summed E-state index contributed by atoms with van der Waals surface area (Å²) >= 11 is 0. The van der Waals surface area contributed by atoms with Crippen LogP contribution < -0.4 is 10.2 Å². The fourth-order valence-corrected chi connectivity index (χ4v) is 4.15. The molecule has 6 nitrogen and oxygen atoms in total. The van der Waals surface area contributed by atoms with E-state index in [0.717, 1.165) is 17.7 Å². The summed E-state index contributed by atoms with van der Waals surface area (Å²) in [5, 5.41) is 3.12. The van der Waals surface area contributed by atoms with Gasteiger partial charge in [0, 0.05) is 44.8 Å². The van der Waals surface area contributed by atoms with E-state index in [2.05, 4.69) is 5.32 Å². The number of piperazine rings is 1. The number of hydrogen-bond acceptors (Lipinski definition) is 5. The zero-order chi connectivity index (χ0) is 23.4. The Hall–Kier alpha value is -2.91. The number of halogens is 3. The smallest absolute Gasteiger partial charge is 0.368 e. The molecule has 0 aliphatic carbocycles. The van der Waals surface area contributed by atoms with Crippen molar-refractivity contribution in [1.82, 2.24) is 10.2 Å². The summed E-state index contributed by atoms with van der Waals surface area (Å²) in [5.41, 5.74) is 0.774. The van der Waals surface area contributed by atoms with Crippen molar-refractivity contribution in [3.63, 3.8) is 0 Å².